The van der Waals surface area contributed by atoms with Gasteiger partial charge in [-0.25, -0.2) is 0 Å². The molecule has 0 saturated heterocycles. The van der Waals surface area contributed by atoms with Crippen LogP contribution in [-0.2, 0) is 6.18 Å². The minimum atomic E-state index is -4.55. The van der Waals surface area contributed by atoms with E-state index >= 15 is 0 Å². The molecule has 1 aromatic carbocycles. The van der Waals surface area contributed by atoms with Crippen molar-refractivity contribution in [1.29, 1.82) is 5.26 Å². The zero-order chi connectivity index (χ0) is 21.5. The number of hydrogen-bond donors (Lipinski definition) is 0. The monoisotopic (exact) mass is 411 g/mol. The highest BCUT2D eigenvalue weighted by atomic mass is 19.4. The van der Waals surface area contributed by atoms with Gasteiger partial charge in [-0.15, -0.1) is 0 Å². The Morgan fingerprint density at radius 2 is 1.45 bits per heavy atom. The molecule has 164 valence electrons. The lowest BCUT2D eigenvalue weighted by Gasteiger charge is -2.19. The molecule has 0 bridgehead atoms. The molecule has 1 aromatic rings. The van der Waals surface area contributed by atoms with Gasteiger partial charge in [0.15, 0.2) is 0 Å². The van der Waals surface area contributed by atoms with Crippen LogP contribution in [0.15, 0.2) is 18.2 Å². The number of nitriles is 1. The Kier molecular flexibility index (Phi) is 12.5. The SMILES string of the molecule is CCCCCCCCC(CCCCCC)COc1ccc(C#N)c(C(F)(F)F)c1. The summed E-state index contributed by atoms with van der Waals surface area (Å²) >= 11 is 0. The van der Waals surface area contributed by atoms with Gasteiger partial charge in [0, 0.05) is 0 Å². The normalized spacial score (nSPS) is 12.6. The topological polar surface area (TPSA) is 33.0 Å². The molecule has 0 spiro atoms. The minimum absolute atomic E-state index is 0.192. The van der Waals surface area contributed by atoms with E-state index in [0.717, 1.165) is 31.7 Å². The van der Waals surface area contributed by atoms with Crippen LogP contribution < -0.4 is 4.74 Å². The standard InChI is InChI=1S/C24H36F3NO/c1-3-5-7-9-10-12-14-20(13-11-8-6-4-2)19-29-22-16-15-21(18-28)23(17-22)24(25,26)27/h15-17,20H,3-14,19H2,1-2H3. The van der Waals surface area contributed by atoms with Crippen LogP contribution in [0.3, 0.4) is 0 Å². The minimum Gasteiger partial charge on any atom is -0.493 e. The molecule has 0 radical (unpaired) electrons. The Morgan fingerprint density at radius 1 is 0.897 bits per heavy atom. The van der Waals surface area contributed by atoms with Crippen molar-refractivity contribution in [3.05, 3.63) is 29.3 Å². The summed E-state index contributed by atoms with van der Waals surface area (Å²) in [4.78, 5) is 0. The maximum atomic E-state index is 13.1. The first-order chi connectivity index (χ1) is 13.9. The first kappa shape index (κ1) is 25.3. The molecule has 2 nitrogen and oxygen atoms in total. The lowest BCUT2D eigenvalue weighted by atomic mass is 9.95. The van der Waals surface area contributed by atoms with E-state index in [0.29, 0.717) is 12.5 Å². The van der Waals surface area contributed by atoms with Crippen molar-refractivity contribution in [2.75, 3.05) is 6.61 Å². The number of alkyl halides is 3. The van der Waals surface area contributed by atoms with Gasteiger partial charge in [0.05, 0.1) is 23.8 Å². The molecule has 0 aliphatic carbocycles. The summed E-state index contributed by atoms with van der Waals surface area (Å²) < 4.78 is 45.2. The molecule has 0 saturated carbocycles. The van der Waals surface area contributed by atoms with Crippen molar-refractivity contribution in [3.63, 3.8) is 0 Å². The van der Waals surface area contributed by atoms with Gasteiger partial charge in [0.2, 0.25) is 0 Å². The van der Waals surface area contributed by atoms with E-state index in [1.54, 1.807) is 6.07 Å². The van der Waals surface area contributed by atoms with E-state index in [2.05, 4.69) is 13.8 Å². The van der Waals surface area contributed by atoms with E-state index in [1.165, 1.54) is 63.5 Å². The zero-order valence-corrected chi connectivity index (χ0v) is 18.0. The summed E-state index contributed by atoms with van der Waals surface area (Å²) in [6.45, 7) is 4.82. The molecule has 1 unspecified atom stereocenters. The van der Waals surface area contributed by atoms with Gasteiger partial charge in [-0.3, -0.25) is 0 Å². The lowest BCUT2D eigenvalue weighted by Crippen LogP contribution is -2.14. The number of nitrogens with zero attached hydrogens (tertiary/aromatic N) is 1. The van der Waals surface area contributed by atoms with Crippen molar-refractivity contribution < 1.29 is 17.9 Å². The number of ether oxygens (including phenoxy) is 1. The average molecular weight is 412 g/mol. The molecule has 0 aliphatic rings. The molecule has 1 rings (SSSR count). The van der Waals surface area contributed by atoms with Crippen molar-refractivity contribution in [1.82, 2.24) is 0 Å². The van der Waals surface area contributed by atoms with Crippen molar-refractivity contribution in [2.24, 2.45) is 5.92 Å². The smallest absolute Gasteiger partial charge is 0.417 e. The fourth-order valence-electron chi connectivity index (χ4n) is 3.54. The van der Waals surface area contributed by atoms with Crippen LogP contribution in [-0.4, -0.2) is 6.61 Å². The third kappa shape index (κ3) is 10.6. The Labute approximate surface area is 174 Å². The van der Waals surface area contributed by atoms with Crippen LogP contribution in [0.2, 0.25) is 0 Å². The van der Waals surface area contributed by atoms with Crippen LogP contribution in [0.4, 0.5) is 13.2 Å². The molecular weight excluding hydrogens is 375 g/mol. The van der Waals surface area contributed by atoms with Gasteiger partial charge in [0.25, 0.3) is 0 Å². The van der Waals surface area contributed by atoms with Gasteiger partial charge in [-0.2, -0.15) is 18.4 Å². The number of hydrogen-bond acceptors (Lipinski definition) is 2. The maximum absolute atomic E-state index is 13.1. The van der Waals surface area contributed by atoms with Crippen LogP contribution >= 0.6 is 0 Å². The van der Waals surface area contributed by atoms with Gasteiger partial charge >= 0.3 is 6.18 Å². The summed E-state index contributed by atoms with van der Waals surface area (Å²) in [5.41, 5.74) is -1.29. The number of rotatable bonds is 15. The van der Waals surface area contributed by atoms with Crippen molar-refractivity contribution >= 4 is 0 Å². The van der Waals surface area contributed by atoms with E-state index in [1.807, 2.05) is 0 Å². The Balaban J connectivity index is 2.61. The number of halogens is 3. The van der Waals surface area contributed by atoms with E-state index in [4.69, 9.17) is 10.00 Å². The second-order valence-electron chi connectivity index (χ2n) is 7.90. The fraction of sp³-hybridized carbons (Fsp3) is 0.708. The van der Waals surface area contributed by atoms with E-state index in [9.17, 15) is 13.2 Å². The predicted octanol–water partition coefficient (Wildman–Crippen LogP) is 8.29. The third-order valence-electron chi connectivity index (χ3n) is 5.33. The summed E-state index contributed by atoms with van der Waals surface area (Å²) in [6, 6.07) is 5.22. The maximum Gasteiger partial charge on any atom is 0.417 e. The average Bonchev–Trinajstić information content (AvgIpc) is 2.70. The van der Waals surface area contributed by atoms with Crippen LogP contribution in [0, 0.1) is 17.2 Å². The fourth-order valence-corrected chi connectivity index (χ4v) is 3.54. The van der Waals surface area contributed by atoms with Gasteiger partial charge in [0.1, 0.15) is 5.75 Å². The summed E-state index contributed by atoms with van der Waals surface area (Å²) in [7, 11) is 0. The quantitative estimate of drug-likeness (QED) is 0.272. The van der Waals surface area contributed by atoms with E-state index in [-0.39, 0.29) is 11.3 Å². The molecule has 0 N–H and O–H groups in total. The Bertz CT molecular complexity index is 607. The second kappa shape index (κ2) is 14.3. The van der Waals surface area contributed by atoms with Crippen LogP contribution in [0.5, 0.6) is 5.75 Å². The van der Waals surface area contributed by atoms with Gasteiger partial charge in [-0.05, 0) is 37.0 Å². The summed E-state index contributed by atoms with van der Waals surface area (Å²) in [5.74, 6) is 0.556. The highest BCUT2D eigenvalue weighted by molar-refractivity contribution is 5.44. The Morgan fingerprint density at radius 3 is 2.00 bits per heavy atom. The molecule has 0 fully saturated rings. The number of benzene rings is 1. The van der Waals surface area contributed by atoms with E-state index < -0.39 is 11.7 Å². The number of unbranched alkanes of at least 4 members (excludes halogenated alkanes) is 8. The summed E-state index contributed by atoms with van der Waals surface area (Å²) in [6.07, 6.45) is 9.69. The highest BCUT2D eigenvalue weighted by Crippen LogP contribution is 2.34. The second-order valence-corrected chi connectivity index (χ2v) is 7.90. The van der Waals surface area contributed by atoms with Crippen molar-refractivity contribution in [3.8, 4) is 11.8 Å². The lowest BCUT2D eigenvalue weighted by molar-refractivity contribution is -0.137. The van der Waals surface area contributed by atoms with Crippen molar-refractivity contribution in [2.45, 2.75) is 97.1 Å². The highest BCUT2D eigenvalue weighted by Gasteiger charge is 2.34. The molecule has 5 heteroatoms. The first-order valence-corrected chi connectivity index (χ1v) is 11.2. The van der Waals surface area contributed by atoms with Gasteiger partial charge in [-0.1, -0.05) is 78.1 Å². The molecule has 1 atom stereocenters. The van der Waals surface area contributed by atoms with Crippen LogP contribution in [0.25, 0.3) is 0 Å². The molecule has 0 amide bonds. The van der Waals surface area contributed by atoms with Crippen LogP contribution in [0.1, 0.15) is 102 Å². The molecule has 0 aromatic heterocycles. The molecule has 29 heavy (non-hydrogen) atoms. The third-order valence-corrected chi connectivity index (χ3v) is 5.33. The largest absolute Gasteiger partial charge is 0.493 e. The molecule has 0 aliphatic heterocycles. The first-order valence-electron chi connectivity index (χ1n) is 11.2. The molecule has 0 heterocycles. The van der Waals surface area contributed by atoms with Gasteiger partial charge < -0.3 is 4.74 Å². The predicted molar refractivity (Wildman–Crippen MR) is 112 cm³/mol. The zero-order valence-electron chi connectivity index (χ0n) is 18.0. The molecular formula is C24H36F3NO. The summed E-state index contributed by atoms with van der Waals surface area (Å²) in [5, 5.41) is 8.92. The Hall–Kier alpha value is -1.70.